The molecule has 3 heterocycles. The molecule has 0 aliphatic carbocycles. The Bertz CT molecular complexity index is 684. The third-order valence-corrected chi connectivity index (χ3v) is 5.03. The van der Waals surface area contributed by atoms with Crippen molar-refractivity contribution in [2.75, 3.05) is 6.54 Å². The van der Waals surface area contributed by atoms with E-state index in [1.165, 1.54) is 9.75 Å². The van der Waals surface area contributed by atoms with Crippen LogP contribution in [0.25, 0.3) is 10.4 Å². The first kappa shape index (κ1) is 14.1. The maximum Gasteiger partial charge on any atom is 0.224 e. The highest BCUT2D eigenvalue weighted by Gasteiger charge is 2.06. The molecule has 3 nitrogen and oxygen atoms in total. The van der Waals surface area contributed by atoms with E-state index in [0.29, 0.717) is 13.0 Å². The number of hydrogen-bond acceptors (Lipinski definition) is 4. The summed E-state index contributed by atoms with van der Waals surface area (Å²) in [6.07, 6.45) is 4.75. The second-order valence-corrected chi connectivity index (χ2v) is 6.63. The van der Waals surface area contributed by atoms with Crippen LogP contribution in [-0.2, 0) is 17.6 Å². The molecule has 3 aromatic heterocycles. The van der Waals surface area contributed by atoms with E-state index in [9.17, 15) is 4.79 Å². The van der Waals surface area contributed by atoms with E-state index in [-0.39, 0.29) is 5.91 Å². The molecule has 0 radical (unpaired) electrons. The van der Waals surface area contributed by atoms with Crippen LogP contribution in [0.15, 0.2) is 52.0 Å². The van der Waals surface area contributed by atoms with Crippen molar-refractivity contribution in [3.63, 3.8) is 0 Å². The first-order valence-corrected chi connectivity index (χ1v) is 8.46. The van der Waals surface area contributed by atoms with Crippen molar-refractivity contribution < 1.29 is 9.21 Å². The zero-order valence-corrected chi connectivity index (χ0v) is 13.0. The molecule has 108 valence electrons. The molecule has 3 rings (SSSR count). The minimum absolute atomic E-state index is 0.0833. The standard InChI is InChI=1S/C16H15NO2S2/c18-16(9-12-5-8-20-11-12)17-6-3-14-1-2-15(21-14)13-4-7-19-10-13/h1-2,4-5,7-8,10-11H,3,6,9H2,(H,17,18). The molecule has 0 saturated heterocycles. The van der Waals surface area contributed by atoms with Gasteiger partial charge in [0.2, 0.25) is 5.91 Å². The topological polar surface area (TPSA) is 42.2 Å². The largest absolute Gasteiger partial charge is 0.472 e. The van der Waals surface area contributed by atoms with E-state index in [0.717, 1.165) is 17.5 Å². The van der Waals surface area contributed by atoms with E-state index in [1.54, 1.807) is 35.2 Å². The summed E-state index contributed by atoms with van der Waals surface area (Å²) in [5.74, 6) is 0.0833. The van der Waals surface area contributed by atoms with Crippen molar-refractivity contribution in [3.05, 3.63) is 58.0 Å². The molecule has 3 aromatic rings. The molecule has 0 bridgehead atoms. The smallest absolute Gasteiger partial charge is 0.224 e. The van der Waals surface area contributed by atoms with Gasteiger partial charge in [0.1, 0.15) is 0 Å². The highest BCUT2D eigenvalue weighted by atomic mass is 32.1. The van der Waals surface area contributed by atoms with Gasteiger partial charge in [0.25, 0.3) is 0 Å². The molecule has 0 unspecified atom stereocenters. The Kier molecular flexibility index (Phi) is 4.52. The van der Waals surface area contributed by atoms with Crippen LogP contribution in [0, 0.1) is 0 Å². The molecule has 0 saturated carbocycles. The first-order chi connectivity index (χ1) is 10.3. The van der Waals surface area contributed by atoms with Crippen molar-refractivity contribution in [1.29, 1.82) is 0 Å². The van der Waals surface area contributed by atoms with Crippen molar-refractivity contribution in [1.82, 2.24) is 5.32 Å². The molecular weight excluding hydrogens is 302 g/mol. The van der Waals surface area contributed by atoms with E-state index in [4.69, 9.17) is 4.42 Å². The normalized spacial score (nSPS) is 10.7. The minimum Gasteiger partial charge on any atom is -0.472 e. The Morgan fingerprint density at radius 1 is 1.24 bits per heavy atom. The molecule has 0 spiro atoms. The molecule has 0 aliphatic rings. The van der Waals surface area contributed by atoms with Gasteiger partial charge in [-0.2, -0.15) is 11.3 Å². The van der Waals surface area contributed by atoms with Gasteiger partial charge in [-0.15, -0.1) is 11.3 Å². The van der Waals surface area contributed by atoms with Gasteiger partial charge in [-0.1, -0.05) is 0 Å². The minimum atomic E-state index is 0.0833. The van der Waals surface area contributed by atoms with Crippen LogP contribution in [0.4, 0.5) is 0 Å². The molecular formula is C16H15NO2S2. The molecule has 5 heteroatoms. The lowest BCUT2D eigenvalue weighted by molar-refractivity contribution is -0.120. The molecule has 0 atom stereocenters. The summed E-state index contributed by atoms with van der Waals surface area (Å²) in [5.41, 5.74) is 2.18. The Labute approximate surface area is 131 Å². The van der Waals surface area contributed by atoms with Crippen molar-refractivity contribution in [2.45, 2.75) is 12.8 Å². The lowest BCUT2D eigenvalue weighted by Crippen LogP contribution is -2.26. The van der Waals surface area contributed by atoms with Crippen LogP contribution in [0.2, 0.25) is 0 Å². The summed E-state index contributed by atoms with van der Waals surface area (Å²) in [6.45, 7) is 0.675. The summed E-state index contributed by atoms with van der Waals surface area (Å²) in [4.78, 5) is 14.2. The molecule has 21 heavy (non-hydrogen) atoms. The second kappa shape index (κ2) is 6.74. The van der Waals surface area contributed by atoms with Crippen molar-refractivity contribution in [3.8, 4) is 10.4 Å². The first-order valence-electron chi connectivity index (χ1n) is 6.70. The Balaban J connectivity index is 1.46. The third-order valence-electron chi connectivity index (χ3n) is 3.11. The van der Waals surface area contributed by atoms with Crippen LogP contribution < -0.4 is 5.32 Å². The van der Waals surface area contributed by atoms with E-state index in [1.807, 2.05) is 22.9 Å². The Morgan fingerprint density at radius 2 is 2.19 bits per heavy atom. The molecule has 1 N–H and O–H groups in total. The summed E-state index contributed by atoms with van der Waals surface area (Å²) >= 11 is 3.36. The Hall–Kier alpha value is -1.85. The highest BCUT2D eigenvalue weighted by Crippen LogP contribution is 2.28. The average Bonchev–Trinajstić information content (AvgIpc) is 3.21. The quantitative estimate of drug-likeness (QED) is 0.747. The predicted molar refractivity (Wildman–Crippen MR) is 86.8 cm³/mol. The van der Waals surface area contributed by atoms with Gasteiger partial charge in [-0.05, 0) is 47.0 Å². The zero-order valence-electron chi connectivity index (χ0n) is 11.4. The van der Waals surface area contributed by atoms with Gasteiger partial charge in [0.15, 0.2) is 0 Å². The highest BCUT2D eigenvalue weighted by molar-refractivity contribution is 7.15. The molecule has 0 aliphatic heterocycles. The molecule has 0 fully saturated rings. The van der Waals surface area contributed by atoms with E-state index in [2.05, 4.69) is 17.4 Å². The van der Waals surface area contributed by atoms with Crippen molar-refractivity contribution in [2.24, 2.45) is 0 Å². The lowest BCUT2D eigenvalue weighted by atomic mass is 10.2. The van der Waals surface area contributed by atoms with Crippen LogP contribution in [-0.4, -0.2) is 12.5 Å². The van der Waals surface area contributed by atoms with Gasteiger partial charge in [-0.3, -0.25) is 4.79 Å². The van der Waals surface area contributed by atoms with E-state index >= 15 is 0 Å². The summed E-state index contributed by atoms with van der Waals surface area (Å²) in [7, 11) is 0. The average molecular weight is 317 g/mol. The monoisotopic (exact) mass is 317 g/mol. The van der Waals surface area contributed by atoms with Crippen molar-refractivity contribution >= 4 is 28.6 Å². The molecule has 0 aromatic carbocycles. The van der Waals surface area contributed by atoms with E-state index < -0.39 is 0 Å². The fourth-order valence-corrected chi connectivity index (χ4v) is 3.70. The summed E-state index contributed by atoms with van der Waals surface area (Å²) < 4.78 is 5.09. The van der Waals surface area contributed by atoms with Crippen LogP contribution in [0.5, 0.6) is 0 Å². The number of rotatable bonds is 6. The third kappa shape index (κ3) is 3.83. The number of hydrogen-bond donors (Lipinski definition) is 1. The summed E-state index contributed by atoms with van der Waals surface area (Å²) in [5, 5.41) is 6.97. The maximum atomic E-state index is 11.8. The number of thiophene rings is 2. The van der Waals surface area contributed by atoms with Gasteiger partial charge in [0.05, 0.1) is 18.9 Å². The lowest BCUT2D eigenvalue weighted by Gasteiger charge is -2.03. The van der Waals surface area contributed by atoms with Crippen LogP contribution in [0.3, 0.4) is 0 Å². The zero-order chi connectivity index (χ0) is 14.5. The predicted octanol–water partition coefficient (Wildman–Crippen LogP) is 3.97. The van der Waals surface area contributed by atoms with Gasteiger partial charge < -0.3 is 9.73 Å². The van der Waals surface area contributed by atoms with Gasteiger partial charge in [0, 0.05) is 21.9 Å². The fourth-order valence-electron chi connectivity index (χ4n) is 2.04. The van der Waals surface area contributed by atoms with Gasteiger partial charge >= 0.3 is 0 Å². The fraction of sp³-hybridized carbons (Fsp3) is 0.188. The number of furan rings is 1. The second-order valence-electron chi connectivity index (χ2n) is 4.69. The van der Waals surface area contributed by atoms with Crippen LogP contribution >= 0.6 is 22.7 Å². The van der Waals surface area contributed by atoms with Gasteiger partial charge in [-0.25, -0.2) is 0 Å². The maximum absolute atomic E-state index is 11.8. The number of carbonyl (C=O) groups excluding carboxylic acids is 1. The Morgan fingerprint density at radius 3 is 2.95 bits per heavy atom. The van der Waals surface area contributed by atoms with Crippen LogP contribution in [0.1, 0.15) is 10.4 Å². The number of carbonyl (C=O) groups is 1. The SMILES string of the molecule is O=C(Cc1ccsc1)NCCc1ccc(-c2ccoc2)s1. The molecule has 1 amide bonds. The number of nitrogens with one attached hydrogen (secondary N) is 1. The summed E-state index contributed by atoms with van der Waals surface area (Å²) in [6, 6.07) is 8.15. The number of amides is 1.